The first-order valence-corrected chi connectivity index (χ1v) is 22.0. The monoisotopic (exact) mass is 798 g/mol. The van der Waals surface area contributed by atoms with E-state index in [4.69, 9.17) is 0 Å². The standard InChI is InChI=1S/C61H38N2/c1-2-18-40-39(17-1)47-27-15-29-52(60-46-24-4-3-19-41(46)53-37-38(35-36-51(53)60)62-54-30-11-7-20-42(54)43-21-8-12-31-55(43)62)59(47)49-25-5-6-26-50(49)61-48(40)28-16-34-58(61)63-56-32-13-9-22-44(56)45-23-10-14-33-57(45)63/h1-37,60H. The van der Waals surface area contributed by atoms with Crippen LogP contribution in [-0.4, -0.2) is 9.13 Å². The molecule has 10 aromatic carbocycles. The summed E-state index contributed by atoms with van der Waals surface area (Å²) in [6.07, 6.45) is 0. The summed E-state index contributed by atoms with van der Waals surface area (Å²) in [5, 5.41) is 5.07. The second-order valence-corrected chi connectivity index (χ2v) is 17.1. The van der Waals surface area contributed by atoms with Crippen LogP contribution in [-0.2, 0) is 0 Å². The van der Waals surface area contributed by atoms with E-state index in [0.29, 0.717) is 0 Å². The van der Waals surface area contributed by atoms with Crippen LogP contribution in [0.1, 0.15) is 22.6 Å². The number of hydrogen-bond acceptors (Lipinski definition) is 0. The second kappa shape index (κ2) is 13.1. The zero-order chi connectivity index (χ0) is 41.2. The molecule has 0 saturated heterocycles. The van der Waals surface area contributed by atoms with E-state index in [0.717, 1.165) is 0 Å². The van der Waals surface area contributed by atoms with E-state index in [1.54, 1.807) is 0 Å². The summed E-state index contributed by atoms with van der Waals surface area (Å²) < 4.78 is 4.94. The van der Waals surface area contributed by atoms with Gasteiger partial charge in [-0.2, -0.15) is 0 Å². The van der Waals surface area contributed by atoms with Gasteiger partial charge in [0.1, 0.15) is 0 Å². The summed E-state index contributed by atoms with van der Waals surface area (Å²) in [6.45, 7) is 0. The van der Waals surface area contributed by atoms with E-state index in [-0.39, 0.29) is 5.92 Å². The van der Waals surface area contributed by atoms with Crippen molar-refractivity contribution in [3.05, 3.63) is 241 Å². The van der Waals surface area contributed by atoms with Crippen molar-refractivity contribution in [3.63, 3.8) is 0 Å². The Balaban J connectivity index is 1.04. The summed E-state index contributed by atoms with van der Waals surface area (Å²) >= 11 is 0. The van der Waals surface area contributed by atoms with Crippen LogP contribution in [0.25, 0.3) is 111 Å². The van der Waals surface area contributed by atoms with Crippen LogP contribution in [0.2, 0.25) is 0 Å². The first-order chi connectivity index (χ1) is 31.3. The fourth-order valence-electron chi connectivity index (χ4n) is 11.5. The lowest BCUT2D eigenvalue weighted by molar-refractivity contribution is 1.02. The number of hydrogen-bond donors (Lipinski definition) is 0. The van der Waals surface area contributed by atoms with E-state index < -0.39 is 0 Å². The predicted octanol–water partition coefficient (Wildman–Crippen LogP) is 16.0. The highest BCUT2D eigenvalue weighted by atomic mass is 15.0. The molecule has 1 atom stereocenters. The average Bonchev–Trinajstić information content (AvgIpc) is 3.99. The molecule has 63 heavy (non-hydrogen) atoms. The van der Waals surface area contributed by atoms with Gasteiger partial charge in [0, 0.05) is 38.7 Å². The second-order valence-electron chi connectivity index (χ2n) is 17.1. The molecule has 0 aliphatic heterocycles. The van der Waals surface area contributed by atoms with E-state index in [1.165, 1.54) is 127 Å². The minimum absolute atomic E-state index is 0.0324. The van der Waals surface area contributed by atoms with Gasteiger partial charge in [0.25, 0.3) is 0 Å². The molecular formula is C61H38N2. The molecule has 2 heteroatoms. The highest BCUT2D eigenvalue weighted by Gasteiger charge is 2.35. The molecule has 0 saturated carbocycles. The molecule has 1 unspecified atom stereocenters. The molecule has 0 N–H and O–H groups in total. The van der Waals surface area contributed by atoms with Crippen LogP contribution >= 0.6 is 0 Å². The highest BCUT2D eigenvalue weighted by Crippen LogP contribution is 2.56. The van der Waals surface area contributed by atoms with Gasteiger partial charge in [-0.25, -0.2) is 0 Å². The van der Waals surface area contributed by atoms with E-state index >= 15 is 0 Å². The quantitative estimate of drug-likeness (QED) is 0.168. The van der Waals surface area contributed by atoms with Gasteiger partial charge in [-0.3, -0.25) is 0 Å². The van der Waals surface area contributed by atoms with Crippen LogP contribution in [0.4, 0.5) is 0 Å². The van der Waals surface area contributed by atoms with E-state index in [2.05, 4.69) is 234 Å². The normalized spacial score (nSPS) is 13.6. The Morgan fingerprint density at radius 1 is 0.254 bits per heavy atom. The Labute approximate surface area is 365 Å². The van der Waals surface area contributed by atoms with Crippen LogP contribution in [0.5, 0.6) is 0 Å². The molecule has 2 heterocycles. The maximum absolute atomic E-state index is 2.50. The smallest absolute Gasteiger partial charge is 0.0547 e. The van der Waals surface area contributed by atoms with Crippen molar-refractivity contribution in [2.45, 2.75) is 5.92 Å². The van der Waals surface area contributed by atoms with Gasteiger partial charge in [0.05, 0.1) is 27.8 Å². The zero-order valence-electron chi connectivity index (χ0n) is 34.3. The topological polar surface area (TPSA) is 9.86 Å². The number of aromatic nitrogens is 2. The van der Waals surface area contributed by atoms with Crippen molar-refractivity contribution in [3.8, 4) is 67.0 Å². The Bertz CT molecular complexity index is 3770. The third-order valence-electron chi connectivity index (χ3n) is 14.0. The average molecular weight is 799 g/mol. The van der Waals surface area contributed by atoms with Crippen LogP contribution in [0.3, 0.4) is 0 Å². The van der Waals surface area contributed by atoms with Gasteiger partial charge in [0.15, 0.2) is 0 Å². The van der Waals surface area contributed by atoms with Crippen molar-refractivity contribution >= 4 is 43.6 Å². The van der Waals surface area contributed by atoms with Crippen molar-refractivity contribution in [2.24, 2.45) is 0 Å². The third-order valence-corrected chi connectivity index (χ3v) is 14.0. The largest absolute Gasteiger partial charge is 0.309 e. The molecule has 0 spiro atoms. The Morgan fingerprint density at radius 2 is 0.667 bits per heavy atom. The molecule has 14 rings (SSSR count). The molecule has 2 aliphatic carbocycles. The molecule has 0 bridgehead atoms. The number of para-hydroxylation sites is 4. The van der Waals surface area contributed by atoms with Crippen molar-refractivity contribution in [1.29, 1.82) is 0 Å². The molecule has 0 radical (unpaired) electrons. The molecule has 12 aromatic rings. The van der Waals surface area contributed by atoms with Gasteiger partial charge in [-0.05, 0) is 109 Å². The fourth-order valence-corrected chi connectivity index (χ4v) is 11.5. The summed E-state index contributed by atoms with van der Waals surface area (Å²) in [6, 6.07) is 83.8. The van der Waals surface area contributed by atoms with Crippen molar-refractivity contribution in [2.75, 3.05) is 0 Å². The summed E-state index contributed by atoms with van der Waals surface area (Å²) in [7, 11) is 0. The summed E-state index contributed by atoms with van der Waals surface area (Å²) in [5.41, 5.74) is 23.9. The Hall–Kier alpha value is -8.20. The SMILES string of the molecule is c1ccc2c(c1)-c1cccc(C3c4ccccc4-c4cc(-n5c6ccccc6c6ccccc65)ccc43)c1-c1ccccc1-c1c-2cccc1-n1c2ccccc2c2ccccc21. The van der Waals surface area contributed by atoms with Crippen LogP contribution in [0.15, 0.2) is 224 Å². The Kier molecular flexibility index (Phi) is 7.20. The predicted molar refractivity (Wildman–Crippen MR) is 263 cm³/mol. The van der Waals surface area contributed by atoms with Crippen molar-refractivity contribution in [1.82, 2.24) is 9.13 Å². The van der Waals surface area contributed by atoms with Gasteiger partial charge in [0.2, 0.25) is 0 Å². The third kappa shape index (κ3) is 4.78. The number of nitrogens with zero attached hydrogens (tertiary/aromatic N) is 2. The van der Waals surface area contributed by atoms with Gasteiger partial charge in [-0.1, -0.05) is 182 Å². The lowest BCUT2D eigenvalue weighted by Gasteiger charge is -2.28. The minimum Gasteiger partial charge on any atom is -0.309 e. The molecule has 2 aromatic heterocycles. The summed E-state index contributed by atoms with van der Waals surface area (Å²) in [5.74, 6) is 0.0324. The molecular weight excluding hydrogens is 761 g/mol. The molecule has 0 amide bonds. The van der Waals surface area contributed by atoms with E-state index in [9.17, 15) is 0 Å². The molecule has 0 fully saturated rings. The van der Waals surface area contributed by atoms with Crippen LogP contribution in [0, 0.1) is 0 Å². The first-order valence-electron chi connectivity index (χ1n) is 22.0. The van der Waals surface area contributed by atoms with Gasteiger partial charge >= 0.3 is 0 Å². The lowest BCUT2D eigenvalue weighted by atomic mass is 9.75. The van der Waals surface area contributed by atoms with E-state index in [1.807, 2.05) is 0 Å². The molecule has 2 nitrogen and oxygen atoms in total. The number of rotatable bonds is 3. The summed E-state index contributed by atoms with van der Waals surface area (Å²) in [4.78, 5) is 0. The fraction of sp³-hybridized carbons (Fsp3) is 0.0164. The van der Waals surface area contributed by atoms with Gasteiger partial charge < -0.3 is 9.13 Å². The number of fused-ring (bicyclic) bond motifs is 17. The molecule has 292 valence electrons. The minimum atomic E-state index is 0.0324. The maximum atomic E-state index is 2.50. The first kappa shape index (κ1) is 34.5. The van der Waals surface area contributed by atoms with Crippen molar-refractivity contribution < 1.29 is 0 Å². The lowest BCUT2D eigenvalue weighted by Crippen LogP contribution is -2.07. The highest BCUT2D eigenvalue weighted by molar-refractivity contribution is 6.12. The maximum Gasteiger partial charge on any atom is 0.0547 e. The Morgan fingerprint density at radius 3 is 1.27 bits per heavy atom. The number of benzene rings is 10. The molecule has 2 aliphatic rings. The van der Waals surface area contributed by atoms with Crippen LogP contribution < -0.4 is 0 Å². The van der Waals surface area contributed by atoms with Gasteiger partial charge in [-0.15, -0.1) is 0 Å². The zero-order valence-corrected chi connectivity index (χ0v) is 34.3.